The fourth-order valence-corrected chi connectivity index (χ4v) is 7.50. The molecule has 4 aliphatic carbocycles. The predicted molar refractivity (Wildman–Crippen MR) is 134 cm³/mol. The number of ether oxygens (including phenoxy) is 3. The van der Waals surface area contributed by atoms with E-state index in [0.29, 0.717) is 12.4 Å². The first-order chi connectivity index (χ1) is 16.6. The van der Waals surface area contributed by atoms with Crippen LogP contribution in [-0.4, -0.2) is 25.3 Å². The first-order valence-electron chi connectivity index (χ1n) is 12.7. The summed E-state index contributed by atoms with van der Waals surface area (Å²) in [5, 5.41) is 12.7. The van der Waals surface area contributed by atoms with Crippen LogP contribution in [0.4, 0.5) is 0 Å². The van der Waals surface area contributed by atoms with Crippen LogP contribution in [-0.2, 0) is 14.9 Å². The van der Waals surface area contributed by atoms with Crippen LogP contribution in [0, 0.1) is 17.8 Å². The van der Waals surface area contributed by atoms with Crippen molar-refractivity contribution in [2.75, 3.05) is 13.7 Å². The Hall–Kier alpha value is -2.56. The summed E-state index contributed by atoms with van der Waals surface area (Å²) in [5.41, 5.74) is 3.38. The molecule has 4 bridgehead atoms. The van der Waals surface area contributed by atoms with Crippen LogP contribution in [0.1, 0.15) is 51.0 Å². The molecule has 4 fully saturated rings. The molecule has 3 aromatic rings. The van der Waals surface area contributed by atoms with Gasteiger partial charge >= 0.3 is 6.48 Å². The first-order valence-corrected chi connectivity index (χ1v) is 12.7. The quantitative estimate of drug-likeness (QED) is 0.386. The molecule has 4 saturated carbocycles. The smallest absolute Gasteiger partial charge is 0.315 e. The van der Waals surface area contributed by atoms with Crippen molar-refractivity contribution in [3.63, 3.8) is 0 Å². The van der Waals surface area contributed by atoms with Crippen LogP contribution in [0.5, 0.6) is 11.5 Å². The highest BCUT2D eigenvalue weighted by molar-refractivity contribution is 5.90. The number of aromatic hydroxyl groups is 1. The maximum Gasteiger partial charge on any atom is 0.315 e. The third-order valence-corrected chi connectivity index (χ3v) is 8.48. The summed E-state index contributed by atoms with van der Waals surface area (Å²) in [6.45, 7) is 1.77. The molecule has 0 aliphatic heterocycles. The number of phenols is 1. The number of rotatable bonds is 7. The van der Waals surface area contributed by atoms with Gasteiger partial charge in [-0.3, -0.25) is 0 Å². The summed E-state index contributed by atoms with van der Waals surface area (Å²) in [5.74, 6) is 3.72. The minimum absolute atomic E-state index is 0.174. The van der Waals surface area contributed by atoms with Crippen molar-refractivity contribution in [3.8, 4) is 22.6 Å². The fourth-order valence-electron chi connectivity index (χ4n) is 7.50. The monoisotopic (exact) mass is 458 g/mol. The van der Waals surface area contributed by atoms with Crippen LogP contribution in [0.25, 0.3) is 21.9 Å². The highest BCUT2D eigenvalue weighted by atomic mass is 16.8. The molecule has 0 radical (unpaired) electrons. The highest BCUT2D eigenvalue weighted by Crippen LogP contribution is 2.62. The maximum absolute atomic E-state index is 10.4. The number of benzene rings is 3. The number of methoxy groups -OCH3 is 1. The van der Waals surface area contributed by atoms with Gasteiger partial charge in [-0.05, 0) is 109 Å². The van der Waals surface area contributed by atoms with E-state index < -0.39 is 6.48 Å². The van der Waals surface area contributed by atoms with Gasteiger partial charge in [0.05, 0.1) is 6.61 Å². The van der Waals surface area contributed by atoms with E-state index in [1.807, 2.05) is 25.1 Å². The minimum Gasteiger partial charge on any atom is -0.507 e. The van der Waals surface area contributed by atoms with Gasteiger partial charge in [0.2, 0.25) is 0 Å². The van der Waals surface area contributed by atoms with Gasteiger partial charge in [-0.1, -0.05) is 30.3 Å². The zero-order valence-corrected chi connectivity index (χ0v) is 20.1. The molecule has 1 N–H and O–H groups in total. The lowest BCUT2D eigenvalue weighted by Crippen LogP contribution is -2.48. The van der Waals surface area contributed by atoms with Crippen molar-refractivity contribution in [1.29, 1.82) is 0 Å². The summed E-state index contributed by atoms with van der Waals surface area (Å²) >= 11 is 0. The van der Waals surface area contributed by atoms with Crippen LogP contribution < -0.4 is 4.74 Å². The van der Waals surface area contributed by atoms with Gasteiger partial charge in [0.25, 0.3) is 0 Å². The third-order valence-electron chi connectivity index (χ3n) is 8.48. The van der Waals surface area contributed by atoms with E-state index in [1.54, 1.807) is 13.2 Å². The Morgan fingerprint density at radius 2 is 1.62 bits per heavy atom. The molecule has 34 heavy (non-hydrogen) atoms. The molecule has 4 heteroatoms. The topological polar surface area (TPSA) is 47.9 Å². The number of hydrogen-bond donors (Lipinski definition) is 1. The average Bonchev–Trinajstić information content (AvgIpc) is 2.82. The predicted octanol–water partition coefficient (Wildman–Crippen LogP) is 7.03. The molecule has 0 spiro atoms. The van der Waals surface area contributed by atoms with Gasteiger partial charge in [0, 0.05) is 18.2 Å². The summed E-state index contributed by atoms with van der Waals surface area (Å²) in [6.07, 6.45) is 7.98. The molecule has 0 amide bonds. The largest absolute Gasteiger partial charge is 0.507 e. The van der Waals surface area contributed by atoms with Crippen molar-refractivity contribution >= 4 is 10.8 Å². The Bertz CT molecular complexity index is 1160. The Labute approximate surface area is 201 Å². The molecular weight excluding hydrogens is 424 g/mol. The molecular formula is C30H34O4. The Balaban J connectivity index is 1.48. The average molecular weight is 459 g/mol. The van der Waals surface area contributed by atoms with Crippen LogP contribution in [0.15, 0.2) is 54.6 Å². The van der Waals surface area contributed by atoms with Crippen molar-refractivity contribution in [1.82, 2.24) is 0 Å². The second-order valence-corrected chi connectivity index (χ2v) is 10.7. The Morgan fingerprint density at radius 3 is 2.26 bits per heavy atom. The highest BCUT2D eigenvalue weighted by Gasteiger charge is 2.52. The molecule has 4 nitrogen and oxygen atoms in total. The number of fused-ring (bicyclic) bond motifs is 1. The summed E-state index contributed by atoms with van der Waals surface area (Å²) in [6, 6.07) is 18.5. The molecule has 0 saturated heterocycles. The van der Waals surface area contributed by atoms with Gasteiger partial charge in [-0.2, -0.15) is 0 Å². The molecule has 0 aromatic heterocycles. The molecule has 178 valence electrons. The van der Waals surface area contributed by atoms with E-state index in [9.17, 15) is 5.11 Å². The van der Waals surface area contributed by atoms with E-state index in [-0.39, 0.29) is 5.41 Å². The van der Waals surface area contributed by atoms with Gasteiger partial charge in [0.1, 0.15) is 11.5 Å². The Morgan fingerprint density at radius 1 is 0.912 bits per heavy atom. The van der Waals surface area contributed by atoms with Crippen molar-refractivity contribution in [3.05, 3.63) is 60.2 Å². The van der Waals surface area contributed by atoms with Crippen LogP contribution in [0.3, 0.4) is 0 Å². The van der Waals surface area contributed by atoms with Crippen LogP contribution >= 0.6 is 0 Å². The SMILES string of the molecule is CCOC(OC)Oc1cc2ccc(-c3ccccc3O)cc2cc1C12CC3CC(CC(C3)C1)C2. The summed E-state index contributed by atoms with van der Waals surface area (Å²) in [4.78, 5) is 0. The van der Waals surface area contributed by atoms with E-state index in [1.165, 1.54) is 49.5 Å². The fraction of sp³-hybridized carbons (Fsp3) is 0.467. The van der Waals surface area contributed by atoms with Crippen molar-refractivity contribution in [2.24, 2.45) is 17.8 Å². The normalized spacial score (nSPS) is 28.4. The van der Waals surface area contributed by atoms with Gasteiger partial charge in [-0.15, -0.1) is 0 Å². The van der Waals surface area contributed by atoms with E-state index >= 15 is 0 Å². The maximum atomic E-state index is 10.4. The summed E-state index contributed by atoms with van der Waals surface area (Å²) < 4.78 is 17.6. The molecule has 0 heterocycles. The Kier molecular flexibility index (Phi) is 5.54. The first kappa shape index (κ1) is 21.9. The molecule has 1 unspecified atom stereocenters. The summed E-state index contributed by atoms with van der Waals surface area (Å²) in [7, 11) is 1.63. The van der Waals surface area contributed by atoms with Gasteiger partial charge < -0.3 is 19.3 Å². The van der Waals surface area contributed by atoms with E-state index in [2.05, 4.69) is 30.3 Å². The number of hydrogen-bond acceptors (Lipinski definition) is 4. The zero-order valence-electron chi connectivity index (χ0n) is 20.1. The van der Waals surface area contributed by atoms with Crippen molar-refractivity contribution in [2.45, 2.75) is 57.3 Å². The van der Waals surface area contributed by atoms with Gasteiger partial charge in [-0.25, -0.2) is 0 Å². The number of phenolic OH excluding ortho intramolecular Hbond substituents is 1. The lowest BCUT2D eigenvalue weighted by Gasteiger charge is -2.57. The molecule has 3 aromatic carbocycles. The lowest BCUT2D eigenvalue weighted by molar-refractivity contribution is -0.231. The number of para-hydroxylation sites is 1. The molecule has 1 atom stereocenters. The zero-order chi connectivity index (χ0) is 23.3. The lowest BCUT2D eigenvalue weighted by atomic mass is 9.48. The molecule has 7 rings (SSSR count). The second-order valence-electron chi connectivity index (χ2n) is 10.7. The minimum atomic E-state index is -0.712. The van der Waals surface area contributed by atoms with E-state index in [4.69, 9.17) is 14.2 Å². The van der Waals surface area contributed by atoms with Crippen molar-refractivity contribution < 1.29 is 19.3 Å². The molecule has 4 aliphatic rings. The van der Waals surface area contributed by atoms with Gasteiger partial charge in [0.15, 0.2) is 0 Å². The third kappa shape index (κ3) is 3.77. The standard InChI is InChI=1S/C30H34O4/c1-3-33-29(32-2)34-28-15-22-8-9-23(25-6-4-5-7-27(25)31)13-24(22)14-26(28)30-16-19-10-20(17-30)12-21(11-19)18-30/h4-9,13-15,19-21,29,31H,3,10-12,16-18H2,1-2H3. The van der Waals surface area contributed by atoms with Crippen LogP contribution in [0.2, 0.25) is 0 Å². The second kappa shape index (κ2) is 8.58. The van der Waals surface area contributed by atoms with E-state index in [0.717, 1.165) is 40.0 Å².